The highest BCUT2D eigenvalue weighted by atomic mass is 16.6. The zero-order chi connectivity index (χ0) is 17.5. The van der Waals surface area contributed by atoms with Gasteiger partial charge in [-0.25, -0.2) is 0 Å². The van der Waals surface area contributed by atoms with E-state index in [2.05, 4.69) is 12.2 Å². The van der Waals surface area contributed by atoms with Gasteiger partial charge in [-0.1, -0.05) is 45.4 Å². The average molecular weight is 338 g/mol. The lowest BCUT2D eigenvalue weighted by molar-refractivity contribution is -0.138. The maximum absolute atomic E-state index is 12.6. The van der Waals surface area contributed by atoms with Crippen molar-refractivity contribution in [2.24, 2.45) is 5.92 Å². The number of likely N-dealkylation sites (N-methyl/N-ethyl adjacent to an activating group) is 1. The molecule has 0 aromatic heterocycles. The maximum atomic E-state index is 12.6. The second kappa shape index (κ2) is 9.40. The molecule has 0 aromatic carbocycles. The minimum Gasteiger partial charge on any atom is -0.371 e. The summed E-state index contributed by atoms with van der Waals surface area (Å²) in [5.74, 6) is 0.588. The summed E-state index contributed by atoms with van der Waals surface area (Å²) in [5.41, 5.74) is 0. The zero-order valence-electron chi connectivity index (χ0n) is 15.6. The number of amides is 2. The first-order chi connectivity index (χ1) is 11.5. The Bertz CT molecular complexity index is 423. The van der Waals surface area contributed by atoms with Crippen molar-refractivity contribution in [2.45, 2.75) is 89.8 Å². The summed E-state index contributed by atoms with van der Waals surface area (Å²) in [7, 11) is 1.74. The molecule has 2 rings (SSSR count). The first-order valence-electron chi connectivity index (χ1n) is 9.66. The Morgan fingerprint density at radius 1 is 1.04 bits per heavy atom. The lowest BCUT2D eigenvalue weighted by atomic mass is 9.93. The largest absolute Gasteiger partial charge is 0.371 e. The number of hydrogen-bond donors (Lipinski definition) is 1. The topological polar surface area (TPSA) is 61.9 Å². The van der Waals surface area contributed by atoms with Crippen LogP contribution in [0.15, 0.2) is 0 Å². The molecule has 0 bridgehead atoms. The molecule has 5 nitrogen and oxygen atoms in total. The smallest absolute Gasteiger partial charge is 0.242 e. The number of ether oxygens (including phenoxy) is 1. The van der Waals surface area contributed by atoms with Gasteiger partial charge in [0.1, 0.15) is 12.1 Å². The molecule has 24 heavy (non-hydrogen) atoms. The van der Waals surface area contributed by atoms with E-state index >= 15 is 0 Å². The maximum Gasteiger partial charge on any atom is 0.242 e. The highest BCUT2D eigenvalue weighted by molar-refractivity contribution is 5.87. The van der Waals surface area contributed by atoms with Crippen LogP contribution in [0, 0.1) is 5.92 Å². The van der Waals surface area contributed by atoms with E-state index in [0.29, 0.717) is 12.3 Å². The van der Waals surface area contributed by atoms with Gasteiger partial charge in [-0.3, -0.25) is 9.59 Å². The molecule has 138 valence electrons. The molecule has 1 N–H and O–H groups in total. The molecule has 1 unspecified atom stereocenters. The van der Waals surface area contributed by atoms with Gasteiger partial charge in [0.15, 0.2) is 0 Å². The standard InChI is InChI=1S/C19H34N2O3/c1-14-10-8-6-4-5-7-9-11-18(22)21(3)15(2)19(23)20-16(12-14)17-13-24-17/h14-17H,4-13H2,1-3H3,(H,20,23)/t14-,15+,16+,17?/m1/s1. The monoisotopic (exact) mass is 338 g/mol. The van der Waals surface area contributed by atoms with Crippen molar-refractivity contribution >= 4 is 11.8 Å². The quantitative estimate of drug-likeness (QED) is 0.748. The number of nitrogens with one attached hydrogen (secondary N) is 1. The van der Waals surface area contributed by atoms with Gasteiger partial charge >= 0.3 is 0 Å². The molecule has 2 heterocycles. The van der Waals surface area contributed by atoms with Crippen LogP contribution in [-0.4, -0.2) is 48.6 Å². The molecule has 2 fully saturated rings. The molecule has 2 aliphatic rings. The predicted octanol–water partition coefficient (Wildman–Crippen LogP) is 2.88. The van der Waals surface area contributed by atoms with Crippen LogP contribution in [0.2, 0.25) is 0 Å². The van der Waals surface area contributed by atoms with Crippen LogP contribution >= 0.6 is 0 Å². The molecule has 2 amide bonds. The van der Waals surface area contributed by atoms with Crippen LogP contribution in [0.4, 0.5) is 0 Å². The Morgan fingerprint density at radius 3 is 2.33 bits per heavy atom. The second-order valence-electron chi connectivity index (χ2n) is 7.67. The Labute approximate surface area is 146 Å². The third-order valence-electron chi connectivity index (χ3n) is 5.48. The van der Waals surface area contributed by atoms with Gasteiger partial charge in [0.25, 0.3) is 0 Å². The third-order valence-corrected chi connectivity index (χ3v) is 5.48. The zero-order valence-corrected chi connectivity index (χ0v) is 15.6. The normalized spacial score (nSPS) is 34.7. The van der Waals surface area contributed by atoms with Crippen LogP contribution in [0.25, 0.3) is 0 Å². The van der Waals surface area contributed by atoms with E-state index < -0.39 is 6.04 Å². The summed E-state index contributed by atoms with van der Waals surface area (Å²) < 4.78 is 5.44. The summed E-state index contributed by atoms with van der Waals surface area (Å²) in [6, 6.07) is -0.353. The predicted molar refractivity (Wildman–Crippen MR) is 94.6 cm³/mol. The number of epoxide rings is 1. The van der Waals surface area contributed by atoms with E-state index in [0.717, 1.165) is 25.9 Å². The fraction of sp³-hybridized carbons (Fsp3) is 0.895. The average Bonchev–Trinajstić information content (AvgIpc) is 3.39. The Balaban J connectivity index is 1.98. The van der Waals surface area contributed by atoms with Gasteiger partial charge in [0.2, 0.25) is 11.8 Å². The minimum absolute atomic E-state index is 0.0642. The molecule has 5 heteroatoms. The van der Waals surface area contributed by atoms with Crippen molar-refractivity contribution in [2.75, 3.05) is 13.7 Å². The van der Waals surface area contributed by atoms with E-state index in [9.17, 15) is 9.59 Å². The number of hydrogen-bond acceptors (Lipinski definition) is 3. The summed E-state index contributed by atoms with van der Waals surface area (Å²) in [5, 5.41) is 3.13. The molecule has 0 saturated carbocycles. The molecule has 0 aromatic rings. The highest BCUT2D eigenvalue weighted by Crippen LogP contribution is 2.24. The van der Waals surface area contributed by atoms with E-state index in [1.54, 1.807) is 11.9 Å². The molecular weight excluding hydrogens is 304 g/mol. The molecule has 2 saturated heterocycles. The summed E-state index contributed by atoms with van der Waals surface area (Å²) in [6.45, 7) is 4.81. The lowest BCUT2D eigenvalue weighted by Crippen LogP contribution is -2.50. The fourth-order valence-corrected chi connectivity index (χ4v) is 3.49. The van der Waals surface area contributed by atoms with Gasteiger partial charge in [0.05, 0.1) is 12.6 Å². The van der Waals surface area contributed by atoms with Gasteiger partial charge < -0.3 is 15.0 Å². The van der Waals surface area contributed by atoms with Crippen LogP contribution in [-0.2, 0) is 14.3 Å². The summed E-state index contributed by atoms with van der Waals surface area (Å²) >= 11 is 0. The molecule has 2 aliphatic heterocycles. The first-order valence-corrected chi connectivity index (χ1v) is 9.66. The first kappa shape index (κ1) is 19.2. The van der Waals surface area contributed by atoms with E-state index in [4.69, 9.17) is 4.74 Å². The number of nitrogens with zero attached hydrogens (tertiary/aromatic N) is 1. The van der Waals surface area contributed by atoms with Gasteiger partial charge in [-0.05, 0) is 25.7 Å². The van der Waals surface area contributed by atoms with Crippen molar-refractivity contribution < 1.29 is 14.3 Å². The molecule has 0 radical (unpaired) electrons. The van der Waals surface area contributed by atoms with Crippen molar-refractivity contribution in [1.29, 1.82) is 0 Å². The van der Waals surface area contributed by atoms with Crippen LogP contribution in [0.5, 0.6) is 0 Å². The van der Waals surface area contributed by atoms with E-state index in [1.165, 1.54) is 32.1 Å². The number of carbonyl (C=O) groups excluding carboxylic acids is 2. The summed E-state index contributed by atoms with van der Waals surface area (Å²) in [4.78, 5) is 26.4. The van der Waals surface area contributed by atoms with Crippen LogP contribution in [0.1, 0.15) is 71.6 Å². The molecule has 0 aliphatic carbocycles. The van der Waals surface area contributed by atoms with Crippen molar-refractivity contribution in [3.8, 4) is 0 Å². The molecule has 4 atom stereocenters. The van der Waals surface area contributed by atoms with Gasteiger partial charge in [0, 0.05) is 13.5 Å². The van der Waals surface area contributed by atoms with Crippen LogP contribution < -0.4 is 5.32 Å². The van der Waals surface area contributed by atoms with E-state index in [1.807, 2.05) is 6.92 Å². The fourth-order valence-electron chi connectivity index (χ4n) is 3.49. The highest BCUT2D eigenvalue weighted by Gasteiger charge is 2.36. The number of rotatable bonds is 1. The summed E-state index contributed by atoms with van der Waals surface area (Å²) in [6.07, 6.45) is 9.90. The van der Waals surface area contributed by atoms with Crippen LogP contribution in [0.3, 0.4) is 0 Å². The lowest BCUT2D eigenvalue weighted by Gasteiger charge is -2.27. The second-order valence-corrected chi connectivity index (χ2v) is 7.67. The number of carbonyl (C=O) groups is 2. The van der Waals surface area contributed by atoms with Gasteiger partial charge in [-0.2, -0.15) is 0 Å². The van der Waals surface area contributed by atoms with Crippen molar-refractivity contribution in [3.63, 3.8) is 0 Å². The van der Waals surface area contributed by atoms with E-state index in [-0.39, 0.29) is 24.0 Å². The Morgan fingerprint density at radius 2 is 1.67 bits per heavy atom. The third kappa shape index (κ3) is 6.08. The van der Waals surface area contributed by atoms with Crippen molar-refractivity contribution in [3.05, 3.63) is 0 Å². The molecular formula is C19H34N2O3. The molecule has 0 spiro atoms. The minimum atomic E-state index is -0.429. The SMILES string of the molecule is C[C@@H]1CCCCCCCCC(=O)N(C)[C@@H](C)C(=O)N[C@H](C2CO2)C1. The van der Waals surface area contributed by atoms with Gasteiger partial charge in [-0.15, -0.1) is 0 Å². The Hall–Kier alpha value is -1.10. The van der Waals surface area contributed by atoms with Crippen molar-refractivity contribution in [1.82, 2.24) is 10.2 Å². The Kier molecular flexibility index (Phi) is 7.53.